The third-order valence-electron chi connectivity index (χ3n) is 5.24. The predicted octanol–water partition coefficient (Wildman–Crippen LogP) is 5.20. The molecule has 3 aromatic rings. The molecule has 0 bridgehead atoms. The summed E-state index contributed by atoms with van der Waals surface area (Å²) in [5.41, 5.74) is 6.76. The van der Waals surface area contributed by atoms with Crippen LogP contribution < -0.4 is 0 Å². The van der Waals surface area contributed by atoms with Gasteiger partial charge in [-0.25, -0.2) is 9.37 Å². The first-order valence-corrected chi connectivity index (χ1v) is 9.18. The number of hydrogen-bond donors (Lipinski definition) is 0. The van der Waals surface area contributed by atoms with Crippen LogP contribution in [0.25, 0.3) is 22.5 Å². The molecule has 0 saturated carbocycles. The van der Waals surface area contributed by atoms with Gasteiger partial charge in [-0.15, -0.1) is 0 Å². The minimum atomic E-state index is -0.291. The maximum absolute atomic E-state index is 13.9. The van der Waals surface area contributed by atoms with E-state index in [4.69, 9.17) is 16.6 Å². The van der Waals surface area contributed by atoms with Crippen molar-refractivity contribution in [3.63, 3.8) is 0 Å². The van der Waals surface area contributed by atoms with Crippen molar-refractivity contribution in [3.05, 3.63) is 63.7 Å². The maximum Gasteiger partial charge on any atom is 0.127 e. The Bertz CT molecular complexity index is 1080. The average Bonchev–Trinajstić information content (AvgIpc) is 3.32. The van der Waals surface area contributed by atoms with E-state index in [0.29, 0.717) is 10.6 Å². The lowest BCUT2D eigenvalue weighted by Gasteiger charge is -2.12. The molecule has 5 rings (SSSR count). The lowest BCUT2D eigenvalue weighted by atomic mass is 9.99. The van der Waals surface area contributed by atoms with Crippen molar-refractivity contribution in [2.45, 2.75) is 32.9 Å². The van der Waals surface area contributed by atoms with Crippen LogP contribution in [0.4, 0.5) is 4.39 Å². The number of fused-ring (bicyclic) bond motifs is 2. The molecule has 1 aromatic heterocycles. The third-order valence-corrected chi connectivity index (χ3v) is 5.56. The summed E-state index contributed by atoms with van der Waals surface area (Å²) in [4.78, 5) is 9.24. The van der Waals surface area contributed by atoms with E-state index in [1.165, 1.54) is 11.6 Å². The van der Waals surface area contributed by atoms with Crippen LogP contribution in [0.3, 0.4) is 0 Å². The highest BCUT2D eigenvalue weighted by atomic mass is 35.5. The van der Waals surface area contributed by atoms with Crippen LogP contribution >= 0.6 is 11.6 Å². The van der Waals surface area contributed by atoms with Crippen LogP contribution in [0.1, 0.15) is 28.9 Å². The second-order valence-electron chi connectivity index (χ2n) is 6.95. The molecule has 0 unspecified atom stereocenters. The average molecular weight is 366 g/mol. The van der Waals surface area contributed by atoms with E-state index in [1.54, 1.807) is 13.0 Å². The van der Waals surface area contributed by atoms with Crippen molar-refractivity contribution < 1.29 is 4.39 Å². The van der Waals surface area contributed by atoms with Gasteiger partial charge in [-0.1, -0.05) is 23.7 Å². The van der Waals surface area contributed by atoms with Gasteiger partial charge in [0.25, 0.3) is 0 Å². The molecule has 0 spiro atoms. The van der Waals surface area contributed by atoms with E-state index in [0.717, 1.165) is 59.8 Å². The predicted molar refractivity (Wildman–Crippen MR) is 102 cm³/mol. The van der Waals surface area contributed by atoms with Gasteiger partial charge in [0.15, 0.2) is 0 Å². The standard InChI is InChI=1S/C21H17ClFN3/c1-12-7-16(17(22)9-18(12)23)20-21(26-6-2-3-19(26)25-20)13-4-5-14-10-24-11-15(14)8-13/h4-5,7-9,11H,2-3,6,10H2,1H3. The molecule has 2 aromatic carbocycles. The van der Waals surface area contributed by atoms with Gasteiger partial charge in [0.1, 0.15) is 11.6 Å². The molecule has 2 aliphatic heterocycles. The normalized spacial score (nSPS) is 14.7. The van der Waals surface area contributed by atoms with Crippen molar-refractivity contribution in [1.29, 1.82) is 0 Å². The molecule has 0 amide bonds. The summed E-state index contributed by atoms with van der Waals surface area (Å²) >= 11 is 6.40. The van der Waals surface area contributed by atoms with E-state index in [-0.39, 0.29) is 5.82 Å². The fourth-order valence-electron chi connectivity index (χ4n) is 3.89. The van der Waals surface area contributed by atoms with Crippen LogP contribution in [0.2, 0.25) is 5.02 Å². The summed E-state index contributed by atoms with van der Waals surface area (Å²) in [5.74, 6) is 0.781. The molecule has 0 fully saturated rings. The number of nitrogens with zero attached hydrogens (tertiary/aromatic N) is 3. The Labute approximate surface area is 156 Å². The summed E-state index contributed by atoms with van der Waals surface area (Å²) in [6, 6.07) is 9.61. The van der Waals surface area contributed by atoms with Crippen molar-refractivity contribution in [2.24, 2.45) is 4.99 Å². The summed E-state index contributed by atoms with van der Waals surface area (Å²) in [6.45, 7) is 3.45. The van der Waals surface area contributed by atoms with Crippen LogP contribution in [-0.2, 0) is 19.5 Å². The highest BCUT2D eigenvalue weighted by molar-refractivity contribution is 6.33. The second kappa shape index (κ2) is 5.78. The molecule has 0 atom stereocenters. The fourth-order valence-corrected chi connectivity index (χ4v) is 4.13. The van der Waals surface area contributed by atoms with E-state index in [2.05, 4.69) is 27.8 Å². The molecule has 0 aliphatic carbocycles. The van der Waals surface area contributed by atoms with Gasteiger partial charge in [-0.05, 0) is 48.2 Å². The molecule has 5 heteroatoms. The molecule has 3 heterocycles. The Hall–Kier alpha value is -2.46. The smallest absolute Gasteiger partial charge is 0.127 e. The van der Waals surface area contributed by atoms with E-state index < -0.39 is 0 Å². The van der Waals surface area contributed by atoms with Gasteiger partial charge in [0, 0.05) is 30.3 Å². The first-order chi connectivity index (χ1) is 12.6. The summed E-state index contributed by atoms with van der Waals surface area (Å²) < 4.78 is 16.2. The number of aryl methyl sites for hydroxylation is 2. The highest BCUT2D eigenvalue weighted by Crippen LogP contribution is 2.40. The third kappa shape index (κ3) is 2.32. The Morgan fingerprint density at radius 2 is 2.08 bits per heavy atom. The number of hydrogen-bond acceptors (Lipinski definition) is 2. The Morgan fingerprint density at radius 3 is 2.96 bits per heavy atom. The lowest BCUT2D eigenvalue weighted by molar-refractivity contribution is 0.619. The first-order valence-electron chi connectivity index (χ1n) is 8.80. The van der Waals surface area contributed by atoms with Gasteiger partial charge in [0.2, 0.25) is 0 Å². The molecule has 26 heavy (non-hydrogen) atoms. The zero-order chi connectivity index (χ0) is 17.8. The number of aliphatic imine (C=N–C) groups is 1. The number of imidazole rings is 1. The summed E-state index contributed by atoms with van der Waals surface area (Å²) in [6.07, 6.45) is 3.98. The van der Waals surface area contributed by atoms with E-state index in [9.17, 15) is 4.39 Å². The summed E-state index contributed by atoms with van der Waals surface area (Å²) in [7, 11) is 0. The Kier molecular flexibility index (Phi) is 3.50. The van der Waals surface area contributed by atoms with Gasteiger partial charge < -0.3 is 4.57 Å². The Morgan fingerprint density at radius 1 is 1.19 bits per heavy atom. The van der Waals surface area contributed by atoms with Crippen LogP contribution in [0, 0.1) is 12.7 Å². The number of halogens is 2. The van der Waals surface area contributed by atoms with Crippen molar-refractivity contribution in [1.82, 2.24) is 9.55 Å². The molecular formula is C21H17ClFN3. The fraction of sp³-hybridized carbons (Fsp3) is 0.238. The van der Waals surface area contributed by atoms with Crippen molar-refractivity contribution in [2.75, 3.05) is 0 Å². The van der Waals surface area contributed by atoms with Crippen LogP contribution in [0.15, 0.2) is 35.3 Å². The molecule has 0 radical (unpaired) electrons. The number of rotatable bonds is 2. The second-order valence-corrected chi connectivity index (χ2v) is 7.35. The quantitative estimate of drug-likeness (QED) is 0.614. The van der Waals surface area contributed by atoms with Gasteiger partial charge in [-0.3, -0.25) is 4.99 Å². The van der Waals surface area contributed by atoms with Gasteiger partial charge in [0.05, 0.1) is 23.0 Å². The molecular weight excluding hydrogens is 349 g/mol. The van der Waals surface area contributed by atoms with Crippen LogP contribution in [-0.4, -0.2) is 15.8 Å². The molecule has 0 N–H and O–H groups in total. The zero-order valence-electron chi connectivity index (χ0n) is 14.4. The van der Waals surface area contributed by atoms with E-state index in [1.807, 2.05) is 6.21 Å². The van der Waals surface area contributed by atoms with Crippen LogP contribution in [0.5, 0.6) is 0 Å². The number of benzene rings is 2. The minimum absolute atomic E-state index is 0.291. The zero-order valence-corrected chi connectivity index (χ0v) is 15.1. The number of aromatic nitrogens is 2. The first kappa shape index (κ1) is 15.8. The SMILES string of the molecule is Cc1cc(-c2nc3n(c2-c2ccc4c(c2)C=NC4)CCC3)c(Cl)cc1F. The molecule has 3 nitrogen and oxygen atoms in total. The maximum atomic E-state index is 13.9. The van der Waals surface area contributed by atoms with Gasteiger partial charge >= 0.3 is 0 Å². The molecule has 0 saturated heterocycles. The largest absolute Gasteiger partial charge is 0.327 e. The Balaban J connectivity index is 1.76. The van der Waals surface area contributed by atoms with Crippen molar-refractivity contribution >= 4 is 17.8 Å². The lowest BCUT2D eigenvalue weighted by Crippen LogP contribution is -1.98. The topological polar surface area (TPSA) is 30.2 Å². The minimum Gasteiger partial charge on any atom is -0.327 e. The molecule has 130 valence electrons. The summed E-state index contributed by atoms with van der Waals surface area (Å²) in [5, 5.41) is 0.397. The highest BCUT2D eigenvalue weighted by Gasteiger charge is 2.25. The molecule has 2 aliphatic rings. The van der Waals surface area contributed by atoms with Crippen molar-refractivity contribution in [3.8, 4) is 22.5 Å². The van der Waals surface area contributed by atoms with E-state index >= 15 is 0 Å². The monoisotopic (exact) mass is 365 g/mol. The van der Waals surface area contributed by atoms with Gasteiger partial charge in [-0.2, -0.15) is 0 Å².